The standard InChI is InChI=1S/C26H25F3N4/c1-12-13-3-7-15(8-4-13)22(12)32-26-21(29)20(14-5-6-14)25(30-2)24(33-26)18-11-31-23-17(18)9-16(27)10-19(23)28/h9-15,22,31H,3-8H2,1H3,(H,32,33)/t12-,13?,15?,22+/m0/s1. The van der Waals surface area contributed by atoms with Gasteiger partial charge in [-0.2, -0.15) is 0 Å². The van der Waals surface area contributed by atoms with Crippen LogP contribution in [0.25, 0.3) is 27.0 Å². The molecule has 2 bridgehead atoms. The lowest BCUT2D eigenvalue weighted by atomic mass is 9.62. The average Bonchev–Trinajstić information content (AvgIpc) is 3.55. The summed E-state index contributed by atoms with van der Waals surface area (Å²) in [6.45, 7) is 10.0. The molecule has 0 amide bonds. The van der Waals surface area contributed by atoms with Crippen LogP contribution in [0.5, 0.6) is 0 Å². The second-order valence-electron chi connectivity index (χ2n) is 9.99. The lowest BCUT2D eigenvalue weighted by Crippen LogP contribution is -2.47. The molecule has 0 radical (unpaired) electrons. The van der Waals surface area contributed by atoms with Gasteiger partial charge in [0.1, 0.15) is 11.6 Å². The van der Waals surface area contributed by atoms with E-state index in [1.54, 1.807) is 0 Å². The molecule has 4 aliphatic rings. The van der Waals surface area contributed by atoms with E-state index in [0.717, 1.165) is 31.7 Å². The van der Waals surface area contributed by atoms with Gasteiger partial charge in [-0.3, -0.25) is 0 Å². The van der Waals surface area contributed by atoms with E-state index >= 15 is 4.39 Å². The SMILES string of the molecule is [C-]#[N+]c1c(-c2c[nH]c3c(F)cc(F)cc23)nc(N[C@H]2C3CCC(CC3)[C@@H]2C)c(F)c1C1CC1. The third-order valence-electron chi connectivity index (χ3n) is 8.14. The van der Waals surface area contributed by atoms with Crippen molar-refractivity contribution < 1.29 is 13.2 Å². The zero-order valence-electron chi connectivity index (χ0n) is 18.4. The topological polar surface area (TPSA) is 45.1 Å². The summed E-state index contributed by atoms with van der Waals surface area (Å²) < 4.78 is 44.2. The molecule has 7 heteroatoms. The molecule has 170 valence electrons. The number of hydrogen-bond donors (Lipinski definition) is 2. The van der Waals surface area contributed by atoms with Crippen molar-refractivity contribution in [2.75, 3.05) is 5.32 Å². The minimum absolute atomic E-state index is 0.0182. The minimum Gasteiger partial charge on any atom is -0.364 e. The predicted octanol–water partition coefficient (Wildman–Crippen LogP) is 7.31. The fraction of sp³-hybridized carbons (Fsp3) is 0.462. The van der Waals surface area contributed by atoms with E-state index in [9.17, 15) is 8.78 Å². The first-order chi connectivity index (χ1) is 16.0. The predicted molar refractivity (Wildman–Crippen MR) is 122 cm³/mol. The molecule has 4 saturated carbocycles. The van der Waals surface area contributed by atoms with Crippen LogP contribution in [0.15, 0.2) is 18.3 Å². The highest BCUT2D eigenvalue weighted by atomic mass is 19.1. The van der Waals surface area contributed by atoms with Crippen LogP contribution in [0.2, 0.25) is 0 Å². The Morgan fingerprint density at radius 2 is 1.79 bits per heavy atom. The van der Waals surface area contributed by atoms with Crippen molar-refractivity contribution in [3.63, 3.8) is 0 Å². The Labute approximate surface area is 190 Å². The van der Waals surface area contributed by atoms with Crippen molar-refractivity contribution in [1.29, 1.82) is 0 Å². The quantitative estimate of drug-likeness (QED) is 0.409. The number of pyridine rings is 1. The zero-order valence-corrected chi connectivity index (χ0v) is 18.4. The maximum absolute atomic E-state index is 15.8. The number of hydrogen-bond acceptors (Lipinski definition) is 2. The van der Waals surface area contributed by atoms with Gasteiger partial charge in [-0.25, -0.2) is 23.0 Å². The summed E-state index contributed by atoms with van der Waals surface area (Å²) in [6, 6.07) is 2.18. The van der Waals surface area contributed by atoms with Gasteiger partial charge in [-0.1, -0.05) is 6.92 Å². The Kier molecular flexibility index (Phi) is 4.69. The average molecular weight is 451 g/mol. The first-order valence-corrected chi connectivity index (χ1v) is 11.8. The van der Waals surface area contributed by atoms with Crippen molar-refractivity contribution in [3.05, 3.63) is 52.8 Å². The number of rotatable bonds is 4. The van der Waals surface area contributed by atoms with E-state index in [1.165, 1.54) is 25.1 Å². The van der Waals surface area contributed by atoms with Crippen molar-refractivity contribution in [1.82, 2.24) is 9.97 Å². The van der Waals surface area contributed by atoms with Gasteiger partial charge < -0.3 is 10.3 Å². The Bertz CT molecular complexity index is 1290. The summed E-state index contributed by atoms with van der Waals surface area (Å²) in [5, 5.41) is 3.73. The number of aromatic amines is 1. The van der Waals surface area contributed by atoms with Crippen molar-refractivity contribution in [3.8, 4) is 11.3 Å². The van der Waals surface area contributed by atoms with Crippen molar-refractivity contribution in [2.24, 2.45) is 17.8 Å². The molecule has 2 aromatic heterocycles. The highest BCUT2D eigenvalue weighted by molar-refractivity contribution is 5.99. The van der Waals surface area contributed by atoms with Gasteiger partial charge in [-0.05, 0) is 68.3 Å². The largest absolute Gasteiger partial charge is 0.364 e. The lowest BCUT2D eigenvalue weighted by Gasteiger charge is -2.47. The molecule has 2 atom stereocenters. The summed E-state index contributed by atoms with van der Waals surface area (Å²) in [6.07, 6.45) is 7.90. The molecule has 0 unspecified atom stereocenters. The van der Waals surface area contributed by atoms with Gasteiger partial charge in [0, 0.05) is 34.8 Å². The molecule has 4 nitrogen and oxygen atoms in total. The summed E-state index contributed by atoms with van der Waals surface area (Å²) in [5.74, 6) is -0.182. The van der Waals surface area contributed by atoms with E-state index in [4.69, 9.17) is 6.57 Å². The van der Waals surface area contributed by atoms with Crippen LogP contribution >= 0.6 is 0 Å². The molecular formula is C26H25F3N4. The van der Waals surface area contributed by atoms with Crippen LogP contribution in [-0.2, 0) is 0 Å². The van der Waals surface area contributed by atoms with Crippen molar-refractivity contribution >= 4 is 22.4 Å². The number of nitrogens with zero attached hydrogens (tertiary/aromatic N) is 2. The third-order valence-corrected chi connectivity index (χ3v) is 8.14. The van der Waals surface area contributed by atoms with Crippen LogP contribution in [0.4, 0.5) is 24.7 Å². The monoisotopic (exact) mass is 450 g/mol. The number of benzene rings is 1. The van der Waals surface area contributed by atoms with Crippen LogP contribution in [0, 0.1) is 41.8 Å². The van der Waals surface area contributed by atoms with Crippen molar-refractivity contribution in [2.45, 2.75) is 57.4 Å². The molecule has 1 aromatic carbocycles. The Morgan fingerprint density at radius 3 is 2.45 bits per heavy atom. The van der Waals surface area contributed by atoms with E-state index in [0.29, 0.717) is 34.3 Å². The summed E-state index contributed by atoms with van der Waals surface area (Å²) in [4.78, 5) is 11.1. The Morgan fingerprint density at radius 1 is 1.06 bits per heavy atom. The maximum atomic E-state index is 15.8. The normalized spacial score (nSPS) is 26.5. The summed E-state index contributed by atoms with van der Waals surface area (Å²) in [7, 11) is 0. The molecule has 3 aromatic rings. The molecule has 33 heavy (non-hydrogen) atoms. The molecule has 7 rings (SSSR count). The Hall–Kier alpha value is -3.01. The summed E-state index contributed by atoms with van der Waals surface area (Å²) >= 11 is 0. The van der Waals surface area contributed by atoms with Gasteiger partial charge >= 0.3 is 0 Å². The van der Waals surface area contributed by atoms with Gasteiger partial charge in [-0.15, -0.1) is 0 Å². The van der Waals surface area contributed by atoms with E-state index in [-0.39, 0.29) is 34.7 Å². The highest BCUT2D eigenvalue weighted by Gasteiger charge is 2.42. The van der Waals surface area contributed by atoms with Crippen LogP contribution in [0.1, 0.15) is 56.9 Å². The van der Waals surface area contributed by atoms with Crippen LogP contribution < -0.4 is 5.32 Å². The molecule has 4 aliphatic carbocycles. The molecule has 2 N–H and O–H groups in total. The molecule has 0 aliphatic heterocycles. The minimum atomic E-state index is -0.712. The van der Waals surface area contributed by atoms with Crippen LogP contribution in [-0.4, -0.2) is 16.0 Å². The lowest BCUT2D eigenvalue weighted by molar-refractivity contribution is 0.0926. The number of anilines is 1. The molecular weight excluding hydrogens is 425 g/mol. The van der Waals surface area contributed by atoms with E-state index in [2.05, 4.69) is 27.1 Å². The number of halogens is 3. The second-order valence-corrected chi connectivity index (χ2v) is 9.99. The van der Waals surface area contributed by atoms with E-state index < -0.39 is 17.5 Å². The smallest absolute Gasteiger partial charge is 0.219 e. The molecule has 4 fully saturated rings. The first-order valence-electron chi connectivity index (χ1n) is 11.8. The number of fused-ring (bicyclic) bond motifs is 4. The third kappa shape index (κ3) is 3.22. The fourth-order valence-corrected chi connectivity index (χ4v) is 6.22. The highest BCUT2D eigenvalue weighted by Crippen LogP contribution is 2.51. The fourth-order valence-electron chi connectivity index (χ4n) is 6.22. The number of H-pyrrole nitrogens is 1. The molecule has 0 saturated heterocycles. The van der Waals surface area contributed by atoms with Gasteiger partial charge in [0.05, 0.1) is 17.8 Å². The summed E-state index contributed by atoms with van der Waals surface area (Å²) in [5.41, 5.74) is 1.37. The second kappa shape index (κ2) is 7.51. The zero-order chi connectivity index (χ0) is 22.9. The van der Waals surface area contributed by atoms with E-state index in [1.807, 2.05) is 0 Å². The van der Waals surface area contributed by atoms with Gasteiger partial charge in [0.25, 0.3) is 0 Å². The number of aromatic nitrogens is 2. The Balaban J connectivity index is 1.52. The van der Waals surface area contributed by atoms with Gasteiger partial charge in [0.15, 0.2) is 11.6 Å². The van der Waals surface area contributed by atoms with Gasteiger partial charge in [0.2, 0.25) is 5.69 Å². The van der Waals surface area contributed by atoms with Crippen LogP contribution in [0.3, 0.4) is 0 Å². The maximum Gasteiger partial charge on any atom is 0.219 e. The first kappa shape index (κ1) is 20.6. The molecule has 0 spiro atoms. The molecule has 2 heterocycles. The number of nitrogens with one attached hydrogen (secondary N) is 2.